The fourth-order valence-corrected chi connectivity index (χ4v) is 2.73. The maximum atomic E-state index is 5.90. The lowest BCUT2D eigenvalue weighted by molar-refractivity contribution is 0.0300. The van der Waals surface area contributed by atoms with Crippen molar-refractivity contribution in [2.24, 2.45) is 0 Å². The van der Waals surface area contributed by atoms with Crippen molar-refractivity contribution in [1.29, 1.82) is 0 Å². The van der Waals surface area contributed by atoms with Crippen molar-refractivity contribution >= 4 is 0 Å². The van der Waals surface area contributed by atoms with Gasteiger partial charge in [0.15, 0.2) is 0 Å². The summed E-state index contributed by atoms with van der Waals surface area (Å²) in [5.74, 6) is 0. The van der Waals surface area contributed by atoms with Gasteiger partial charge in [-0.05, 0) is 59.2 Å². The summed E-state index contributed by atoms with van der Waals surface area (Å²) in [4.78, 5) is 0. The SMILES string of the molecule is CC1OCCC1(C)NCCCOC1CCNCC1. The Kier molecular flexibility index (Phi) is 5.42. The highest BCUT2D eigenvalue weighted by Gasteiger charge is 2.35. The van der Waals surface area contributed by atoms with Crippen LogP contribution in [-0.2, 0) is 9.47 Å². The van der Waals surface area contributed by atoms with Gasteiger partial charge < -0.3 is 20.1 Å². The van der Waals surface area contributed by atoms with Crippen LogP contribution in [0.2, 0.25) is 0 Å². The van der Waals surface area contributed by atoms with Gasteiger partial charge in [-0.2, -0.15) is 0 Å². The highest BCUT2D eigenvalue weighted by molar-refractivity contribution is 4.93. The molecule has 18 heavy (non-hydrogen) atoms. The maximum absolute atomic E-state index is 5.90. The average Bonchev–Trinajstić information content (AvgIpc) is 2.71. The van der Waals surface area contributed by atoms with Gasteiger partial charge in [0.05, 0.1) is 12.2 Å². The summed E-state index contributed by atoms with van der Waals surface area (Å²) in [5.41, 5.74) is 0.161. The number of ether oxygens (including phenoxy) is 2. The Labute approximate surface area is 111 Å². The van der Waals surface area contributed by atoms with Crippen LogP contribution >= 0.6 is 0 Å². The first-order valence-electron chi connectivity index (χ1n) is 7.40. The Morgan fingerprint density at radius 3 is 2.83 bits per heavy atom. The summed E-state index contributed by atoms with van der Waals surface area (Å²) >= 11 is 0. The van der Waals surface area contributed by atoms with Gasteiger partial charge in [0.25, 0.3) is 0 Å². The van der Waals surface area contributed by atoms with Crippen molar-refractivity contribution in [3.63, 3.8) is 0 Å². The van der Waals surface area contributed by atoms with Crippen LogP contribution in [0.15, 0.2) is 0 Å². The van der Waals surface area contributed by atoms with Gasteiger partial charge in [0.1, 0.15) is 0 Å². The van der Waals surface area contributed by atoms with Gasteiger partial charge in [0, 0.05) is 18.8 Å². The molecule has 0 aliphatic carbocycles. The predicted molar refractivity (Wildman–Crippen MR) is 72.9 cm³/mol. The van der Waals surface area contributed by atoms with Crippen LogP contribution in [0.1, 0.15) is 39.5 Å². The van der Waals surface area contributed by atoms with E-state index in [2.05, 4.69) is 24.5 Å². The van der Waals surface area contributed by atoms with E-state index in [4.69, 9.17) is 9.47 Å². The zero-order valence-electron chi connectivity index (χ0n) is 11.8. The molecule has 2 unspecified atom stereocenters. The lowest BCUT2D eigenvalue weighted by atomic mass is 9.95. The normalized spacial score (nSPS) is 34.0. The molecule has 4 nitrogen and oxygen atoms in total. The summed E-state index contributed by atoms with van der Waals surface area (Å²) in [5, 5.41) is 6.99. The van der Waals surface area contributed by atoms with Gasteiger partial charge >= 0.3 is 0 Å². The minimum absolute atomic E-state index is 0.161. The third-order valence-electron chi connectivity index (χ3n) is 4.38. The fourth-order valence-electron chi connectivity index (χ4n) is 2.73. The van der Waals surface area contributed by atoms with Crippen LogP contribution in [0, 0.1) is 0 Å². The van der Waals surface area contributed by atoms with Gasteiger partial charge in [-0.1, -0.05) is 0 Å². The van der Waals surface area contributed by atoms with Crippen LogP contribution in [0.25, 0.3) is 0 Å². The summed E-state index contributed by atoms with van der Waals surface area (Å²) in [6.45, 7) is 9.42. The zero-order chi connectivity index (χ0) is 12.8. The van der Waals surface area contributed by atoms with Crippen molar-refractivity contribution in [2.45, 2.75) is 57.3 Å². The molecule has 106 valence electrons. The van der Waals surface area contributed by atoms with E-state index in [9.17, 15) is 0 Å². The molecule has 0 bridgehead atoms. The Morgan fingerprint density at radius 1 is 1.39 bits per heavy atom. The van der Waals surface area contributed by atoms with E-state index in [0.717, 1.165) is 58.5 Å². The van der Waals surface area contributed by atoms with Crippen LogP contribution in [0.3, 0.4) is 0 Å². The third kappa shape index (κ3) is 3.92. The molecule has 2 aliphatic rings. The molecule has 2 N–H and O–H groups in total. The first-order chi connectivity index (χ1) is 8.71. The Hall–Kier alpha value is -0.160. The molecular formula is C14H28N2O2. The lowest BCUT2D eigenvalue weighted by Gasteiger charge is -2.29. The summed E-state index contributed by atoms with van der Waals surface area (Å²) in [6.07, 6.45) is 5.33. The summed E-state index contributed by atoms with van der Waals surface area (Å²) < 4.78 is 11.5. The van der Waals surface area contributed by atoms with Crippen LogP contribution in [-0.4, -0.2) is 50.6 Å². The van der Waals surface area contributed by atoms with E-state index >= 15 is 0 Å². The van der Waals surface area contributed by atoms with Crippen molar-refractivity contribution in [3.8, 4) is 0 Å². The molecule has 0 aromatic rings. The highest BCUT2D eigenvalue weighted by Crippen LogP contribution is 2.24. The van der Waals surface area contributed by atoms with Crippen LogP contribution in [0.5, 0.6) is 0 Å². The molecule has 0 spiro atoms. The molecule has 2 atom stereocenters. The molecule has 0 saturated carbocycles. The van der Waals surface area contributed by atoms with E-state index in [0.29, 0.717) is 12.2 Å². The second-order valence-corrected chi connectivity index (χ2v) is 5.78. The van der Waals surface area contributed by atoms with Crippen molar-refractivity contribution in [1.82, 2.24) is 10.6 Å². The maximum Gasteiger partial charge on any atom is 0.0726 e. The third-order valence-corrected chi connectivity index (χ3v) is 4.38. The number of hydrogen-bond donors (Lipinski definition) is 2. The number of hydrogen-bond acceptors (Lipinski definition) is 4. The zero-order valence-corrected chi connectivity index (χ0v) is 11.8. The second kappa shape index (κ2) is 6.85. The molecule has 2 aliphatic heterocycles. The average molecular weight is 256 g/mol. The van der Waals surface area contributed by atoms with E-state index in [-0.39, 0.29) is 5.54 Å². The first kappa shape index (κ1) is 14.3. The Morgan fingerprint density at radius 2 is 2.17 bits per heavy atom. The highest BCUT2D eigenvalue weighted by atomic mass is 16.5. The van der Waals surface area contributed by atoms with Gasteiger partial charge in [-0.25, -0.2) is 0 Å². The Bertz CT molecular complexity index is 244. The fraction of sp³-hybridized carbons (Fsp3) is 1.00. The monoisotopic (exact) mass is 256 g/mol. The molecule has 0 aromatic heterocycles. The van der Waals surface area contributed by atoms with E-state index in [1.54, 1.807) is 0 Å². The van der Waals surface area contributed by atoms with Gasteiger partial charge in [0.2, 0.25) is 0 Å². The molecule has 0 radical (unpaired) electrons. The number of rotatable bonds is 6. The van der Waals surface area contributed by atoms with Crippen molar-refractivity contribution in [2.75, 3.05) is 32.8 Å². The van der Waals surface area contributed by atoms with Gasteiger partial charge in [-0.15, -0.1) is 0 Å². The molecule has 2 heterocycles. The van der Waals surface area contributed by atoms with E-state index in [1.165, 1.54) is 0 Å². The predicted octanol–water partition coefficient (Wildman–Crippen LogP) is 1.30. The minimum atomic E-state index is 0.161. The summed E-state index contributed by atoms with van der Waals surface area (Å²) in [6, 6.07) is 0. The molecular weight excluding hydrogens is 228 g/mol. The minimum Gasteiger partial charge on any atom is -0.378 e. The molecule has 4 heteroatoms. The smallest absolute Gasteiger partial charge is 0.0726 e. The van der Waals surface area contributed by atoms with E-state index < -0.39 is 0 Å². The summed E-state index contributed by atoms with van der Waals surface area (Å²) in [7, 11) is 0. The first-order valence-corrected chi connectivity index (χ1v) is 7.40. The molecule has 2 saturated heterocycles. The van der Waals surface area contributed by atoms with E-state index in [1.807, 2.05) is 0 Å². The largest absolute Gasteiger partial charge is 0.378 e. The number of piperidine rings is 1. The van der Waals surface area contributed by atoms with Crippen molar-refractivity contribution < 1.29 is 9.47 Å². The topological polar surface area (TPSA) is 42.5 Å². The van der Waals surface area contributed by atoms with Crippen LogP contribution in [0.4, 0.5) is 0 Å². The molecule has 0 amide bonds. The van der Waals surface area contributed by atoms with Gasteiger partial charge in [-0.3, -0.25) is 0 Å². The second-order valence-electron chi connectivity index (χ2n) is 5.78. The molecule has 2 rings (SSSR count). The molecule has 2 fully saturated rings. The number of nitrogens with one attached hydrogen (secondary N) is 2. The van der Waals surface area contributed by atoms with Crippen LogP contribution < -0.4 is 10.6 Å². The quantitative estimate of drug-likeness (QED) is 0.703. The Balaban J connectivity index is 1.53. The van der Waals surface area contributed by atoms with Crippen molar-refractivity contribution in [3.05, 3.63) is 0 Å². The molecule has 0 aromatic carbocycles. The standard InChI is InChI=1S/C14H28N2O2/c1-12-14(2,6-11-17-12)16-7-3-10-18-13-4-8-15-9-5-13/h12-13,15-16H,3-11H2,1-2H3. The lowest BCUT2D eigenvalue weighted by Crippen LogP contribution is -2.48.